The molecular formula is C17H24N2O. The Kier molecular flexibility index (Phi) is 4.38. The van der Waals surface area contributed by atoms with Crippen LogP contribution in [0.25, 0.3) is 10.9 Å². The molecule has 3 heteroatoms. The molecule has 1 saturated carbocycles. The molecule has 3 rings (SSSR count). The summed E-state index contributed by atoms with van der Waals surface area (Å²) in [5, 5.41) is 13.8. The lowest BCUT2D eigenvalue weighted by Crippen LogP contribution is -2.15. The van der Waals surface area contributed by atoms with Gasteiger partial charge in [0.25, 0.3) is 0 Å². The number of unbranched alkanes of at least 4 members (excludes halogenated alkanes) is 2. The van der Waals surface area contributed by atoms with Crippen molar-refractivity contribution in [3.05, 3.63) is 36.0 Å². The van der Waals surface area contributed by atoms with Crippen LogP contribution in [-0.2, 0) is 13.1 Å². The number of rotatable bonds is 8. The second-order valence-electron chi connectivity index (χ2n) is 5.80. The van der Waals surface area contributed by atoms with Gasteiger partial charge < -0.3 is 15.0 Å². The van der Waals surface area contributed by atoms with Crippen LogP contribution in [0.5, 0.6) is 0 Å². The maximum Gasteiger partial charge on any atom is 0.0483 e. The van der Waals surface area contributed by atoms with Crippen LogP contribution in [0, 0.1) is 0 Å². The van der Waals surface area contributed by atoms with Crippen LogP contribution < -0.4 is 5.32 Å². The Labute approximate surface area is 120 Å². The summed E-state index contributed by atoms with van der Waals surface area (Å²) in [6.45, 7) is 2.34. The van der Waals surface area contributed by atoms with Gasteiger partial charge in [-0.25, -0.2) is 0 Å². The third-order valence-corrected chi connectivity index (χ3v) is 4.12. The number of nitrogens with zero attached hydrogens (tertiary/aromatic N) is 1. The maximum absolute atomic E-state index is 8.83. The second-order valence-corrected chi connectivity index (χ2v) is 5.80. The Morgan fingerprint density at radius 2 is 2.05 bits per heavy atom. The van der Waals surface area contributed by atoms with E-state index in [9.17, 15) is 0 Å². The van der Waals surface area contributed by atoms with Crippen molar-refractivity contribution in [2.75, 3.05) is 6.61 Å². The van der Waals surface area contributed by atoms with Gasteiger partial charge in [-0.15, -0.1) is 0 Å². The van der Waals surface area contributed by atoms with Gasteiger partial charge in [0.15, 0.2) is 0 Å². The quantitative estimate of drug-likeness (QED) is 0.725. The zero-order chi connectivity index (χ0) is 13.8. The summed E-state index contributed by atoms with van der Waals surface area (Å²) in [6.07, 6.45) is 8.01. The third kappa shape index (κ3) is 3.22. The standard InChI is InChI=1S/C17H24N2O/c20-12-3-1-2-10-19-11-9-16-14(5-4-6-17(16)19)13-18-15-7-8-15/h4-6,9,11,15,18,20H,1-3,7-8,10,12-13H2. The molecule has 2 N–H and O–H groups in total. The van der Waals surface area contributed by atoms with E-state index in [-0.39, 0.29) is 0 Å². The van der Waals surface area contributed by atoms with Crippen molar-refractivity contribution < 1.29 is 5.11 Å². The molecule has 3 nitrogen and oxygen atoms in total. The lowest BCUT2D eigenvalue weighted by Gasteiger charge is -2.08. The van der Waals surface area contributed by atoms with Crippen LogP contribution in [0.2, 0.25) is 0 Å². The fourth-order valence-corrected chi connectivity index (χ4v) is 2.75. The lowest BCUT2D eigenvalue weighted by molar-refractivity contribution is 0.282. The summed E-state index contributed by atoms with van der Waals surface area (Å²) in [5.74, 6) is 0. The highest BCUT2D eigenvalue weighted by molar-refractivity contribution is 5.83. The number of aliphatic hydroxyl groups is 1. The molecule has 0 radical (unpaired) electrons. The number of benzene rings is 1. The molecule has 20 heavy (non-hydrogen) atoms. The summed E-state index contributed by atoms with van der Waals surface area (Å²) >= 11 is 0. The molecule has 0 amide bonds. The molecule has 1 aliphatic carbocycles. The summed E-state index contributed by atoms with van der Waals surface area (Å²) < 4.78 is 2.34. The number of aliphatic hydroxyl groups excluding tert-OH is 1. The van der Waals surface area contributed by atoms with E-state index in [4.69, 9.17) is 5.11 Å². The molecule has 0 aliphatic heterocycles. The maximum atomic E-state index is 8.83. The van der Waals surface area contributed by atoms with Crippen molar-refractivity contribution in [2.45, 2.75) is 51.2 Å². The van der Waals surface area contributed by atoms with Gasteiger partial charge in [-0.2, -0.15) is 0 Å². The first-order chi connectivity index (χ1) is 9.88. The highest BCUT2D eigenvalue weighted by Gasteiger charge is 2.20. The molecule has 1 aliphatic rings. The highest BCUT2D eigenvalue weighted by Crippen LogP contribution is 2.23. The number of hydrogen-bond donors (Lipinski definition) is 2. The normalized spacial score (nSPS) is 15.1. The van der Waals surface area contributed by atoms with E-state index in [2.05, 4.69) is 40.3 Å². The fourth-order valence-electron chi connectivity index (χ4n) is 2.75. The molecule has 1 heterocycles. The van der Waals surface area contributed by atoms with Crippen LogP contribution in [0.4, 0.5) is 0 Å². The van der Waals surface area contributed by atoms with Crippen molar-refractivity contribution >= 4 is 10.9 Å². The van der Waals surface area contributed by atoms with Crippen molar-refractivity contribution in [1.29, 1.82) is 0 Å². The van der Waals surface area contributed by atoms with Gasteiger partial charge in [0.05, 0.1) is 0 Å². The van der Waals surface area contributed by atoms with E-state index in [0.29, 0.717) is 6.61 Å². The van der Waals surface area contributed by atoms with E-state index in [0.717, 1.165) is 38.4 Å². The molecule has 108 valence electrons. The minimum absolute atomic E-state index is 0.309. The van der Waals surface area contributed by atoms with E-state index < -0.39 is 0 Å². The predicted octanol–water partition coefficient (Wildman–Crippen LogP) is 3.06. The van der Waals surface area contributed by atoms with Crippen molar-refractivity contribution in [3.63, 3.8) is 0 Å². The van der Waals surface area contributed by atoms with Gasteiger partial charge in [0.1, 0.15) is 0 Å². The first-order valence-electron chi connectivity index (χ1n) is 7.79. The fraction of sp³-hybridized carbons (Fsp3) is 0.529. The number of fused-ring (bicyclic) bond motifs is 1. The third-order valence-electron chi connectivity index (χ3n) is 4.12. The SMILES string of the molecule is OCCCCCn1ccc2c(CNC3CC3)cccc21. The Morgan fingerprint density at radius 3 is 2.85 bits per heavy atom. The minimum atomic E-state index is 0.309. The molecule has 0 bridgehead atoms. The molecule has 0 atom stereocenters. The van der Waals surface area contributed by atoms with E-state index in [1.807, 2.05) is 0 Å². The number of aromatic nitrogens is 1. The Hall–Kier alpha value is -1.32. The van der Waals surface area contributed by atoms with Crippen LogP contribution in [0.15, 0.2) is 30.5 Å². The number of aryl methyl sites for hydroxylation is 1. The largest absolute Gasteiger partial charge is 0.396 e. The smallest absolute Gasteiger partial charge is 0.0483 e. The number of hydrogen-bond acceptors (Lipinski definition) is 2. The van der Waals surface area contributed by atoms with Crippen LogP contribution in [0.1, 0.15) is 37.7 Å². The summed E-state index contributed by atoms with van der Waals surface area (Å²) in [4.78, 5) is 0. The molecule has 0 saturated heterocycles. The topological polar surface area (TPSA) is 37.2 Å². The average molecular weight is 272 g/mol. The highest BCUT2D eigenvalue weighted by atomic mass is 16.2. The van der Waals surface area contributed by atoms with Crippen LogP contribution >= 0.6 is 0 Å². The van der Waals surface area contributed by atoms with Gasteiger partial charge in [-0.3, -0.25) is 0 Å². The zero-order valence-electron chi connectivity index (χ0n) is 12.0. The Morgan fingerprint density at radius 1 is 1.15 bits per heavy atom. The van der Waals surface area contributed by atoms with Gasteiger partial charge in [-0.05, 0) is 49.8 Å². The van der Waals surface area contributed by atoms with Gasteiger partial charge in [-0.1, -0.05) is 12.1 Å². The van der Waals surface area contributed by atoms with Gasteiger partial charge in [0, 0.05) is 42.8 Å². The van der Waals surface area contributed by atoms with E-state index >= 15 is 0 Å². The number of nitrogens with one attached hydrogen (secondary N) is 1. The first kappa shape index (κ1) is 13.7. The van der Waals surface area contributed by atoms with E-state index in [1.165, 1.54) is 29.3 Å². The van der Waals surface area contributed by atoms with Crippen molar-refractivity contribution in [1.82, 2.24) is 9.88 Å². The van der Waals surface area contributed by atoms with E-state index in [1.54, 1.807) is 0 Å². The molecular weight excluding hydrogens is 248 g/mol. The lowest BCUT2D eigenvalue weighted by atomic mass is 10.1. The second kappa shape index (κ2) is 6.42. The summed E-state index contributed by atoms with van der Waals surface area (Å²) in [6, 6.07) is 9.60. The first-order valence-corrected chi connectivity index (χ1v) is 7.79. The van der Waals surface area contributed by atoms with Crippen LogP contribution in [0.3, 0.4) is 0 Å². The Balaban J connectivity index is 1.69. The van der Waals surface area contributed by atoms with Crippen LogP contribution in [-0.4, -0.2) is 22.3 Å². The molecule has 0 unspecified atom stereocenters. The zero-order valence-corrected chi connectivity index (χ0v) is 12.0. The Bertz CT molecular complexity index is 557. The summed E-state index contributed by atoms with van der Waals surface area (Å²) in [7, 11) is 0. The molecule has 0 spiro atoms. The molecule has 2 aromatic rings. The molecule has 1 aromatic heterocycles. The van der Waals surface area contributed by atoms with Gasteiger partial charge in [0.2, 0.25) is 0 Å². The van der Waals surface area contributed by atoms with Crippen molar-refractivity contribution in [2.24, 2.45) is 0 Å². The predicted molar refractivity (Wildman–Crippen MR) is 82.7 cm³/mol. The summed E-state index contributed by atoms with van der Waals surface area (Å²) in [5.41, 5.74) is 2.74. The van der Waals surface area contributed by atoms with Crippen molar-refractivity contribution in [3.8, 4) is 0 Å². The minimum Gasteiger partial charge on any atom is -0.396 e. The monoisotopic (exact) mass is 272 g/mol. The van der Waals surface area contributed by atoms with Gasteiger partial charge >= 0.3 is 0 Å². The average Bonchev–Trinajstić information content (AvgIpc) is 3.21. The molecule has 1 fully saturated rings. The molecule has 1 aromatic carbocycles.